The topological polar surface area (TPSA) is 73.0 Å². The van der Waals surface area contributed by atoms with Gasteiger partial charge in [-0.05, 0) is 5.56 Å². The lowest BCUT2D eigenvalue weighted by Crippen LogP contribution is -2.18. The van der Waals surface area contributed by atoms with Crippen LogP contribution in [0, 0.1) is 10.1 Å². The van der Waals surface area contributed by atoms with E-state index in [9.17, 15) is 10.1 Å². The quantitative estimate of drug-likeness (QED) is 0.482. The summed E-state index contributed by atoms with van der Waals surface area (Å²) >= 11 is 1.16. The Morgan fingerprint density at radius 2 is 2.47 bits per heavy atom. The predicted molar refractivity (Wildman–Crippen MR) is 64.9 cm³/mol. The van der Waals surface area contributed by atoms with E-state index in [4.69, 9.17) is 0 Å². The van der Waals surface area contributed by atoms with E-state index in [0.717, 1.165) is 30.0 Å². The van der Waals surface area contributed by atoms with Crippen LogP contribution in [0.4, 0.5) is 5.00 Å². The maximum Gasteiger partial charge on any atom is 0.324 e. The number of nitrogens with one attached hydrogen (secondary N) is 1. The van der Waals surface area contributed by atoms with Crippen molar-refractivity contribution >= 4 is 16.3 Å². The summed E-state index contributed by atoms with van der Waals surface area (Å²) in [6.45, 7) is 2.30. The smallest absolute Gasteiger partial charge is 0.324 e. The van der Waals surface area contributed by atoms with Gasteiger partial charge in [-0.3, -0.25) is 10.1 Å². The van der Waals surface area contributed by atoms with Crippen molar-refractivity contribution < 1.29 is 4.92 Å². The van der Waals surface area contributed by atoms with Crippen molar-refractivity contribution in [1.82, 2.24) is 14.9 Å². The average molecular weight is 252 g/mol. The Labute approximate surface area is 102 Å². The molecule has 0 spiro atoms. The molecule has 0 saturated carbocycles. The summed E-state index contributed by atoms with van der Waals surface area (Å²) in [5.74, 6) is 0. The summed E-state index contributed by atoms with van der Waals surface area (Å²) in [5.41, 5.74) is 0.951. The van der Waals surface area contributed by atoms with Crippen LogP contribution >= 0.6 is 11.3 Å². The van der Waals surface area contributed by atoms with Crippen molar-refractivity contribution in [3.05, 3.63) is 45.8 Å². The summed E-state index contributed by atoms with van der Waals surface area (Å²) < 4.78 is 1.98. The van der Waals surface area contributed by atoms with Crippen molar-refractivity contribution in [3.8, 4) is 0 Å². The van der Waals surface area contributed by atoms with Crippen molar-refractivity contribution in [1.29, 1.82) is 0 Å². The molecule has 0 atom stereocenters. The second-order valence-corrected chi connectivity index (χ2v) is 4.42. The minimum atomic E-state index is -0.361. The van der Waals surface area contributed by atoms with Gasteiger partial charge < -0.3 is 9.88 Å². The zero-order valence-corrected chi connectivity index (χ0v) is 9.89. The minimum Gasteiger partial charge on any atom is -0.336 e. The molecule has 1 N–H and O–H groups in total. The number of nitrogens with zero attached hydrogens (tertiary/aromatic N) is 3. The number of thiophene rings is 1. The molecule has 6 nitrogen and oxygen atoms in total. The molecule has 90 valence electrons. The lowest BCUT2D eigenvalue weighted by atomic mass is 10.3. The van der Waals surface area contributed by atoms with Gasteiger partial charge in [0.2, 0.25) is 0 Å². The van der Waals surface area contributed by atoms with Gasteiger partial charge in [0.1, 0.15) is 0 Å². The summed E-state index contributed by atoms with van der Waals surface area (Å²) in [6.07, 6.45) is 5.40. The van der Waals surface area contributed by atoms with Gasteiger partial charge in [-0.25, -0.2) is 4.98 Å². The van der Waals surface area contributed by atoms with E-state index in [1.807, 2.05) is 16.1 Å². The van der Waals surface area contributed by atoms with Crippen molar-refractivity contribution in [2.45, 2.75) is 13.1 Å². The van der Waals surface area contributed by atoms with E-state index in [2.05, 4.69) is 10.3 Å². The Balaban J connectivity index is 1.72. The third kappa shape index (κ3) is 3.36. The van der Waals surface area contributed by atoms with Crippen molar-refractivity contribution in [2.75, 3.05) is 6.54 Å². The zero-order chi connectivity index (χ0) is 12.1. The molecule has 0 radical (unpaired) electrons. The van der Waals surface area contributed by atoms with E-state index in [1.54, 1.807) is 18.6 Å². The predicted octanol–water partition coefficient (Wildman–Crippen LogP) is 1.64. The first-order valence-electron chi connectivity index (χ1n) is 5.14. The third-order valence-electron chi connectivity index (χ3n) is 2.25. The van der Waals surface area contributed by atoms with Crippen LogP contribution < -0.4 is 5.32 Å². The molecule has 0 fully saturated rings. The Hall–Kier alpha value is -1.73. The maximum atomic E-state index is 10.5. The van der Waals surface area contributed by atoms with Gasteiger partial charge >= 0.3 is 5.00 Å². The molecule has 0 bridgehead atoms. The first-order chi connectivity index (χ1) is 8.25. The fraction of sp³-hybridized carbons (Fsp3) is 0.300. The highest BCUT2D eigenvalue weighted by Crippen LogP contribution is 2.22. The van der Waals surface area contributed by atoms with Crippen LogP contribution in [0.3, 0.4) is 0 Å². The van der Waals surface area contributed by atoms with Crippen LogP contribution in [-0.2, 0) is 13.1 Å². The van der Waals surface area contributed by atoms with Gasteiger partial charge in [-0.15, -0.1) is 0 Å². The van der Waals surface area contributed by atoms with Gasteiger partial charge in [-0.2, -0.15) is 0 Å². The number of aromatic nitrogens is 2. The molecule has 2 aromatic rings. The number of nitro groups is 1. The van der Waals surface area contributed by atoms with Gasteiger partial charge in [0, 0.05) is 43.5 Å². The molecule has 0 aromatic carbocycles. The number of hydrogen-bond acceptors (Lipinski definition) is 5. The fourth-order valence-electron chi connectivity index (χ4n) is 1.41. The van der Waals surface area contributed by atoms with E-state index >= 15 is 0 Å². The van der Waals surface area contributed by atoms with E-state index < -0.39 is 0 Å². The maximum absolute atomic E-state index is 10.5. The normalized spacial score (nSPS) is 10.6. The highest BCUT2D eigenvalue weighted by molar-refractivity contribution is 7.13. The summed E-state index contributed by atoms with van der Waals surface area (Å²) in [4.78, 5) is 14.1. The summed E-state index contributed by atoms with van der Waals surface area (Å²) in [6, 6.07) is 1.61. The van der Waals surface area contributed by atoms with Crippen molar-refractivity contribution in [2.24, 2.45) is 0 Å². The van der Waals surface area contributed by atoms with E-state index in [0.29, 0.717) is 6.54 Å². The van der Waals surface area contributed by atoms with E-state index in [-0.39, 0.29) is 9.92 Å². The van der Waals surface area contributed by atoms with Gasteiger partial charge in [0.15, 0.2) is 0 Å². The molecule has 2 rings (SSSR count). The number of imidazole rings is 1. The van der Waals surface area contributed by atoms with Crippen LogP contribution in [0.2, 0.25) is 0 Å². The average Bonchev–Trinajstić information content (AvgIpc) is 2.96. The highest BCUT2D eigenvalue weighted by Gasteiger charge is 2.08. The molecule has 0 aliphatic rings. The molecule has 0 saturated heterocycles. The second-order valence-electron chi connectivity index (χ2n) is 3.53. The number of hydrogen-bond donors (Lipinski definition) is 1. The third-order valence-corrected chi connectivity index (χ3v) is 3.18. The Bertz CT molecular complexity index is 480. The molecule has 7 heteroatoms. The van der Waals surface area contributed by atoms with Gasteiger partial charge in [-0.1, -0.05) is 11.3 Å². The van der Waals surface area contributed by atoms with E-state index in [1.165, 1.54) is 0 Å². The van der Waals surface area contributed by atoms with Crippen molar-refractivity contribution in [3.63, 3.8) is 0 Å². The minimum absolute atomic E-state index is 0.191. The Morgan fingerprint density at radius 1 is 1.59 bits per heavy atom. The lowest BCUT2D eigenvalue weighted by Gasteiger charge is -2.03. The molecule has 2 aromatic heterocycles. The van der Waals surface area contributed by atoms with Crippen LogP contribution in [0.25, 0.3) is 0 Å². The molecule has 17 heavy (non-hydrogen) atoms. The van der Waals surface area contributed by atoms with Crippen LogP contribution in [0.5, 0.6) is 0 Å². The van der Waals surface area contributed by atoms with Crippen LogP contribution in [0.1, 0.15) is 5.56 Å². The molecule has 0 unspecified atom stereocenters. The highest BCUT2D eigenvalue weighted by atomic mass is 32.1. The van der Waals surface area contributed by atoms with Gasteiger partial charge in [0.25, 0.3) is 0 Å². The number of rotatable bonds is 6. The molecular formula is C10H12N4O2S. The largest absolute Gasteiger partial charge is 0.336 e. The standard InChI is InChI=1S/C10H12N4O2S/c15-14(16)10-5-9(7-17-10)6-11-1-3-13-4-2-12-8-13/h2,4-5,7-8,11H,1,3,6H2. The second kappa shape index (κ2) is 5.55. The lowest BCUT2D eigenvalue weighted by molar-refractivity contribution is -0.380. The summed E-state index contributed by atoms with van der Waals surface area (Å²) in [5, 5.41) is 15.7. The first kappa shape index (κ1) is 11.7. The molecular weight excluding hydrogens is 240 g/mol. The zero-order valence-electron chi connectivity index (χ0n) is 9.07. The van der Waals surface area contributed by atoms with Crippen LogP contribution in [-0.4, -0.2) is 21.0 Å². The van der Waals surface area contributed by atoms with Gasteiger partial charge in [0.05, 0.1) is 11.3 Å². The molecule has 0 aliphatic heterocycles. The Kier molecular flexibility index (Phi) is 3.84. The molecule has 2 heterocycles. The summed E-state index contributed by atoms with van der Waals surface area (Å²) in [7, 11) is 0. The van der Waals surface area contributed by atoms with Crippen LogP contribution in [0.15, 0.2) is 30.2 Å². The monoisotopic (exact) mass is 252 g/mol. The fourth-order valence-corrected chi connectivity index (χ4v) is 2.14. The molecule has 0 amide bonds. The first-order valence-corrected chi connectivity index (χ1v) is 6.02. The SMILES string of the molecule is O=[N+]([O-])c1cc(CNCCn2ccnc2)cs1. The Morgan fingerprint density at radius 3 is 3.12 bits per heavy atom. The molecule has 0 aliphatic carbocycles.